The molecule has 0 unspecified atom stereocenters. The summed E-state index contributed by atoms with van der Waals surface area (Å²) in [5.41, 5.74) is 7.04. The Morgan fingerprint density at radius 3 is 2.52 bits per heavy atom. The summed E-state index contributed by atoms with van der Waals surface area (Å²) >= 11 is 0. The molecule has 1 heterocycles. The molecule has 3 N–H and O–H groups in total. The van der Waals surface area contributed by atoms with Crippen molar-refractivity contribution in [2.45, 2.75) is 6.92 Å². The van der Waals surface area contributed by atoms with Gasteiger partial charge in [-0.1, -0.05) is 12.1 Å². The molecular formula is C15H14N2O4. The van der Waals surface area contributed by atoms with Crippen LogP contribution in [0.15, 0.2) is 36.5 Å². The van der Waals surface area contributed by atoms with E-state index in [1.807, 2.05) is 0 Å². The summed E-state index contributed by atoms with van der Waals surface area (Å²) in [6, 6.07) is 7.75. The zero-order chi connectivity index (χ0) is 15.4. The number of nitrogens with zero attached hydrogens (tertiary/aromatic N) is 1. The lowest BCUT2D eigenvalue weighted by Gasteiger charge is -2.08. The number of carboxylic acid groups (broad SMARTS) is 1. The molecule has 6 nitrogen and oxygen atoms in total. The number of nitrogens with two attached hydrogens (primary N) is 1. The highest BCUT2D eigenvalue weighted by atomic mass is 16.5. The standard InChI is InChI=1S/C15H14N2O4/c1-2-21-15(20)10-5-3-9(4-6-10)12-8-17-13(16)7-11(12)14(18)19/h3-8H,2H2,1H3,(H2,16,17)(H,18,19). The number of hydrogen-bond acceptors (Lipinski definition) is 5. The van der Waals surface area contributed by atoms with Gasteiger partial charge in [0.1, 0.15) is 5.82 Å². The monoisotopic (exact) mass is 286 g/mol. The van der Waals surface area contributed by atoms with Gasteiger partial charge in [0.2, 0.25) is 0 Å². The second kappa shape index (κ2) is 6.04. The van der Waals surface area contributed by atoms with E-state index in [1.54, 1.807) is 31.2 Å². The molecule has 21 heavy (non-hydrogen) atoms. The maximum Gasteiger partial charge on any atom is 0.338 e. The van der Waals surface area contributed by atoms with Gasteiger partial charge in [0, 0.05) is 11.8 Å². The highest BCUT2D eigenvalue weighted by Gasteiger charge is 2.14. The van der Waals surface area contributed by atoms with Crippen LogP contribution >= 0.6 is 0 Å². The summed E-state index contributed by atoms with van der Waals surface area (Å²) in [6.07, 6.45) is 1.40. The molecule has 6 heteroatoms. The Balaban J connectivity index is 2.39. The third-order valence-corrected chi connectivity index (χ3v) is 2.86. The number of pyridine rings is 1. The van der Waals surface area contributed by atoms with Crippen molar-refractivity contribution in [3.63, 3.8) is 0 Å². The first-order valence-corrected chi connectivity index (χ1v) is 6.29. The van der Waals surface area contributed by atoms with E-state index in [0.717, 1.165) is 0 Å². The van der Waals surface area contributed by atoms with Crippen LogP contribution in [0, 0.1) is 0 Å². The number of esters is 1. The first kappa shape index (κ1) is 14.5. The van der Waals surface area contributed by atoms with Crippen molar-refractivity contribution in [3.8, 4) is 11.1 Å². The van der Waals surface area contributed by atoms with Gasteiger partial charge in [0.15, 0.2) is 0 Å². The van der Waals surface area contributed by atoms with E-state index in [4.69, 9.17) is 10.5 Å². The molecule has 0 fully saturated rings. The molecule has 0 radical (unpaired) electrons. The van der Waals surface area contributed by atoms with Crippen LogP contribution < -0.4 is 5.73 Å². The normalized spacial score (nSPS) is 10.1. The predicted octanol–water partition coefficient (Wildman–Crippen LogP) is 2.21. The minimum atomic E-state index is -1.09. The number of nitrogen functional groups attached to an aromatic ring is 1. The maximum absolute atomic E-state index is 11.6. The minimum Gasteiger partial charge on any atom is -0.478 e. The number of hydrogen-bond donors (Lipinski definition) is 2. The Kier molecular flexibility index (Phi) is 4.18. The quantitative estimate of drug-likeness (QED) is 0.835. The van der Waals surface area contributed by atoms with Crippen molar-refractivity contribution < 1.29 is 19.4 Å². The van der Waals surface area contributed by atoms with E-state index in [-0.39, 0.29) is 11.4 Å². The largest absolute Gasteiger partial charge is 0.478 e. The molecule has 108 valence electrons. The highest BCUT2D eigenvalue weighted by molar-refractivity contribution is 5.97. The van der Waals surface area contributed by atoms with Gasteiger partial charge in [0.25, 0.3) is 0 Å². The number of carbonyl (C=O) groups excluding carboxylic acids is 1. The Morgan fingerprint density at radius 1 is 1.29 bits per heavy atom. The summed E-state index contributed by atoms with van der Waals surface area (Å²) in [5, 5.41) is 9.21. The van der Waals surface area contributed by atoms with Crippen molar-refractivity contribution in [2.24, 2.45) is 0 Å². The van der Waals surface area contributed by atoms with Crippen LogP contribution in [-0.2, 0) is 4.74 Å². The highest BCUT2D eigenvalue weighted by Crippen LogP contribution is 2.25. The smallest absolute Gasteiger partial charge is 0.338 e. The molecule has 0 spiro atoms. The molecule has 0 bridgehead atoms. The van der Waals surface area contributed by atoms with Crippen LogP contribution in [-0.4, -0.2) is 28.6 Å². The Labute approximate surface area is 121 Å². The second-order valence-electron chi connectivity index (χ2n) is 4.26. The van der Waals surface area contributed by atoms with Crippen LogP contribution in [0.25, 0.3) is 11.1 Å². The van der Waals surface area contributed by atoms with Crippen LogP contribution in [0.1, 0.15) is 27.6 Å². The van der Waals surface area contributed by atoms with Gasteiger partial charge in [-0.25, -0.2) is 14.6 Å². The molecule has 0 aliphatic rings. The van der Waals surface area contributed by atoms with Crippen molar-refractivity contribution in [1.82, 2.24) is 4.98 Å². The minimum absolute atomic E-state index is 0.0615. The van der Waals surface area contributed by atoms with Crippen LogP contribution in [0.5, 0.6) is 0 Å². The molecule has 2 aromatic rings. The molecule has 2 rings (SSSR count). The molecule has 1 aromatic heterocycles. The van der Waals surface area contributed by atoms with Gasteiger partial charge in [-0.3, -0.25) is 0 Å². The lowest BCUT2D eigenvalue weighted by atomic mass is 10.0. The van der Waals surface area contributed by atoms with Gasteiger partial charge >= 0.3 is 11.9 Å². The Morgan fingerprint density at radius 2 is 1.95 bits per heavy atom. The fourth-order valence-corrected chi connectivity index (χ4v) is 1.88. The number of aromatic carboxylic acids is 1. The second-order valence-corrected chi connectivity index (χ2v) is 4.26. The number of rotatable bonds is 4. The molecule has 1 aromatic carbocycles. The van der Waals surface area contributed by atoms with Crippen molar-refractivity contribution in [3.05, 3.63) is 47.7 Å². The number of ether oxygens (including phenoxy) is 1. The predicted molar refractivity (Wildman–Crippen MR) is 77.0 cm³/mol. The van der Waals surface area contributed by atoms with Crippen molar-refractivity contribution in [2.75, 3.05) is 12.3 Å². The molecule has 0 aliphatic carbocycles. The summed E-state index contributed by atoms with van der Waals surface area (Å²) in [4.78, 5) is 26.7. The van der Waals surface area contributed by atoms with Gasteiger partial charge in [-0.05, 0) is 30.7 Å². The maximum atomic E-state index is 11.6. The average Bonchev–Trinajstić information content (AvgIpc) is 2.47. The van der Waals surface area contributed by atoms with Crippen molar-refractivity contribution in [1.29, 1.82) is 0 Å². The van der Waals surface area contributed by atoms with Gasteiger partial charge in [0.05, 0.1) is 17.7 Å². The van der Waals surface area contributed by atoms with Gasteiger partial charge in [-0.15, -0.1) is 0 Å². The zero-order valence-corrected chi connectivity index (χ0v) is 11.4. The van der Waals surface area contributed by atoms with Crippen LogP contribution in [0.2, 0.25) is 0 Å². The lowest BCUT2D eigenvalue weighted by Crippen LogP contribution is -2.05. The van der Waals surface area contributed by atoms with E-state index in [9.17, 15) is 14.7 Å². The van der Waals surface area contributed by atoms with Gasteiger partial charge in [-0.2, -0.15) is 0 Å². The van der Waals surface area contributed by atoms with E-state index in [1.165, 1.54) is 12.3 Å². The first-order chi connectivity index (χ1) is 10.0. The van der Waals surface area contributed by atoms with Crippen LogP contribution in [0.3, 0.4) is 0 Å². The number of carboxylic acids is 1. The molecular weight excluding hydrogens is 272 g/mol. The average molecular weight is 286 g/mol. The fraction of sp³-hybridized carbons (Fsp3) is 0.133. The summed E-state index contributed by atoms with van der Waals surface area (Å²) in [6.45, 7) is 2.02. The summed E-state index contributed by atoms with van der Waals surface area (Å²) in [7, 11) is 0. The number of aromatic nitrogens is 1. The third kappa shape index (κ3) is 3.17. The van der Waals surface area contributed by atoms with Crippen LogP contribution in [0.4, 0.5) is 5.82 Å². The fourth-order valence-electron chi connectivity index (χ4n) is 1.88. The van der Waals surface area contributed by atoms with Gasteiger partial charge < -0.3 is 15.6 Å². The first-order valence-electron chi connectivity index (χ1n) is 6.29. The molecule has 0 amide bonds. The summed E-state index contributed by atoms with van der Waals surface area (Å²) < 4.78 is 4.89. The van der Waals surface area contributed by atoms with Crippen molar-refractivity contribution >= 4 is 17.8 Å². The number of carbonyl (C=O) groups is 2. The number of benzene rings is 1. The zero-order valence-electron chi connectivity index (χ0n) is 11.4. The van der Waals surface area contributed by atoms with E-state index >= 15 is 0 Å². The Bertz CT molecular complexity index is 681. The summed E-state index contributed by atoms with van der Waals surface area (Å²) in [5.74, 6) is -1.37. The van der Waals surface area contributed by atoms with E-state index in [0.29, 0.717) is 23.3 Å². The topological polar surface area (TPSA) is 103 Å². The van der Waals surface area contributed by atoms with E-state index < -0.39 is 11.9 Å². The third-order valence-electron chi connectivity index (χ3n) is 2.86. The number of anilines is 1. The lowest BCUT2D eigenvalue weighted by molar-refractivity contribution is 0.0526. The molecule has 0 saturated heterocycles. The van der Waals surface area contributed by atoms with E-state index in [2.05, 4.69) is 4.98 Å². The Hall–Kier alpha value is -2.89. The SMILES string of the molecule is CCOC(=O)c1ccc(-c2cnc(N)cc2C(=O)O)cc1. The molecule has 0 atom stereocenters. The molecule has 0 aliphatic heterocycles. The molecule has 0 saturated carbocycles.